The maximum Gasteiger partial charge on any atom is 0.143 e. The summed E-state index contributed by atoms with van der Waals surface area (Å²) in [7, 11) is 0. The predicted octanol–water partition coefficient (Wildman–Crippen LogP) is 2.85. The van der Waals surface area contributed by atoms with Gasteiger partial charge < -0.3 is 0 Å². The normalized spacial score (nSPS) is 11.3. The number of nitrogens with zero attached hydrogens (tertiary/aromatic N) is 2. The number of hydrogen-bond acceptors (Lipinski definition) is 2. The number of rotatable bonds is 0. The molecular weight excluding hydrogens is 206 g/mol. The lowest BCUT2D eigenvalue weighted by molar-refractivity contribution is 0.951. The highest BCUT2D eigenvalue weighted by Crippen LogP contribution is 2.20. The van der Waals surface area contributed by atoms with Gasteiger partial charge in [0.25, 0.3) is 0 Å². The topological polar surface area (TPSA) is 33.1 Å². The average Bonchev–Trinajstić information content (AvgIpc) is 2.57. The van der Waals surface area contributed by atoms with Gasteiger partial charge in [0.1, 0.15) is 11.0 Å². The van der Waals surface area contributed by atoms with Gasteiger partial charge in [0.15, 0.2) is 0 Å². The molecule has 3 nitrogen and oxygen atoms in total. The van der Waals surface area contributed by atoms with E-state index in [4.69, 9.17) is 12.2 Å². The lowest BCUT2D eigenvalue weighted by Gasteiger charge is -1.96. The fourth-order valence-electron chi connectivity index (χ4n) is 1.86. The van der Waals surface area contributed by atoms with Crippen LogP contribution in [-0.2, 0) is 0 Å². The molecule has 3 aromatic rings. The molecule has 1 aromatic carbocycles. The van der Waals surface area contributed by atoms with Gasteiger partial charge in [-0.15, -0.1) is 0 Å². The van der Waals surface area contributed by atoms with E-state index in [0.717, 1.165) is 11.0 Å². The quantitative estimate of drug-likeness (QED) is 0.585. The van der Waals surface area contributed by atoms with Crippen molar-refractivity contribution in [1.29, 1.82) is 0 Å². The van der Waals surface area contributed by atoms with Crippen molar-refractivity contribution in [2.45, 2.75) is 6.92 Å². The molecule has 4 heteroatoms. The minimum Gasteiger partial charge on any atom is -0.296 e. The Morgan fingerprint density at radius 1 is 1.27 bits per heavy atom. The molecule has 0 saturated carbocycles. The second kappa shape index (κ2) is 2.90. The molecule has 0 spiro atoms. The van der Waals surface area contributed by atoms with Gasteiger partial charge in [-0.2, -0.15) is 5.10 Å². The molecule has 0 amide bonds. The van der Waals surface area contributed by atoms with Gasteiger partial charge in [0, 0.05) is 5.39 Å². The Kier molecular flexibility index (Phi) is 1.67. The van der Waals surface area contributed by atoms with Crippen LogP contribution in [0.5, 0.6) is 0 Å². The third kappa shape index (κ3) is 1.18. The highest BCUT2D eigenvalue weighted by Gasteiger charge is 2.03. The summed E-state index contributed by atoms with van der Waals surface area (Å²) in [6.07, 6.45) is 1.75. The number of nitrogens with one attached hydrogen (secondary N) is 1. The maximum atomic E-state index is 5.19. The van der Waals surface area contributed by atoms with Crippen molar-refractivity contribution in [3.63, 3.8) is 0 Å². The van der Waals surface area contributed by atoms with E-state index < -0.39 is 0 Å². The summed E-state index contributed by atoms with van der Waals surface area (Å²) in [6, 6.07) is 8.42. The number of aromatic amines is 1. The number of H-pyrrole nitrogens is 1. The first-order valence-electron chi connectivity index (χ1n) is 4.71. The molecule has 74 valence electrons. The SMILES string of the molecule is Cc1ccc2c(c1)cc1c(=S)[nH]ncn12. The summed E-state index contributed by atoms with van der Waals surface area (Å²) in [5.41, 5.74) is 3.39. The fourth-order valence-corrected chi connectivity index (χ4v) is 2.07. The molecule has 0 bridgehead atoms. The van der Waals surface area contributed by atoms with Gasteiger partial charge in [0.05, 0.1) is 11.0 Å². The molecule has 0 unspecified atom stereocenters. The van der Waals surface area contributed by atoms with Crippen LogP contribution in [0, 0.1) is 11.6 Å². The smallest absolute Gasteiger partial charge is 0.143 e. The molecule has 2 aromatic heterocycles. The molecule has 0 saturated heterocycles. The summed E-state index contributed by atoms with van der Waals surface area (Å²) in [5.74, 6) is 0. The molecule has 0 aliphatic rings. The standard InChI is InChI=1S/C11H9N3S/c1-7-2-3-9-8(4-7)5-10-11(15)13-12-6-14(9)10/h2-6H,1H3,(H,13,15). The monoisotopic (exact) mass is 215 g/mol. The summed E-state index contributed by atoms with van der Waals surface area (Å²) < 4.78 is 2.68. The summed E-state index contributed by atoms with van der Waals surface area (Å²) in [5, 5.41) is 7.98. The van der Waals surface area contributed by atoms with E-state index in [-0.39, 0.29) is 0 Å². The van der Waals surface area contributed by atoms with Crippen LogP contribution >= 0.6 is 12.2 Å². The van der Waals surface area contributed by atoms with Crippen LogP contribution in [0.15, 0.2) is 30.6 Å². The zero-order chi connectivity index (χ0) is 10.4. The van der Waals surface area contributed by atoms with E-state index in [1.165, 1.54) is 10.9 Å². The van der Waals surface area contributed by atoms with Crippen LogP contribution in [0.3, 0.4) is 0 Å². The Bertz CT molecular complexity index is 708. The van der Waals surface area contributed by atoms with Gasteiger partial charge in [-0.25, -0.2) is 0 Å². The van der Waals surface area contributed by atoms with E-state index in [9.17, 15) is 0 Å². The van der Waals surface area contributed by atoms with Crippen LogP contribution < -0.4 is 0 Å². The molecular formula is C11H9N3S. The zero-order valence-electron chi connectivity index (χ0n) is 8.19. The molecule has 0 aliphatic heterocycles. The summed E-state index contributed by atoms with van der Waals surface area (Å²) in [4.78, 5) is 0. The third-order valence-electron chi connectivity index (χ3n) is 2.57. The Morgan fingerprint density at radius 2 is 2.13 bits per heavy atom. The Morgan fingerprint density at radius 3 is 3.00 bits per heavy atom. The second-order valence-corrected chi connectivity index (χ2v) is 4.06. The largest absolute Gasteiger partial charge is 0.296 e. The van der Waals surface area contributed by atoms with Crippen molar-refractivity contribution in [3.8, 4) is 0 Å². The lowest BCUT2D eigenvalue weighted by atomic mass is 10.2. The van der Waals surface area contributed by atoms with Crippen LogP contribution in [0.4, 0.5) is 0 Å². The number of aryl methyl sites for hydroxylation is 1. The second-order valence-electron chi connectivity index (χ2n) is 3.65. The Labute approximate surface area is 91.4 Å². The summed E-state index contributed by atoms with van der Waals surface area (Å²) >= 11 is 5.19. The molecule has 0 atom stereocenters. The molecule has 0 aliphatic carbocycles. The summed E-state index contributed by atoms with van der Waals surface area (Å²) in [6.45, 7) is 2.08. The van der Waals surface area contributed by atoms with Crippen LogP contribution in [0.25, 0.3) is 16.4 Å². The predicted molar refractivity (Wildman–Crippen MR) is 62.6 cm³/mol. The zero-order valence-corrected chi connectivity index (χ0v) is 9.01. The minimum absolute atomic E-state index is 0.673. The van der Waals surface area contributed by atoms with E-state index >= 15 is 0 Å². The first-order valence-corrected chi connectivity index (χ1v) is 5.11. The fraction of sp³-hybridized carbons (Fsp3) is 0.0909. The first kappa shape index (κ1) is 8.61. The van der Waals surface area contributed by atoms with Gasteiger partial charge in [-0.1, -0.05) is 23.8 Å². The molecule has 0 radical (unpaired) electrons. The highest BCUT2D eigenvalue weighted by molar-refractivity contribution is 7.71. The van der Waals surface area contributed by atoms with Crippen molar-refractivity contribution in [2.24, 2.45) is 0 Å². The van der Waals surface area contributed by atoms with E-state index in [2.05, 4.69) is 41.4 Å². The molecule has 2 heterocycles. The molecule has 1 N–H and O–H groups in total. The van der Waals surface area contributed by atoms with Gasteiger partial charge in [-0.05, 0) is 25.1 Å². The molecule has 3 rings (SSSR count). The van der Waals surface area contributed by atoms with E-state index in [1.807, 2.05) is 4.40 Å². The van der Waals surface area contributed by atoms with Crippen molar-refractivity contribution < 1.29 is 0 Å². The average molecular weight is 215 g/mol. The van der Waals surface area contributed by atoms with Crippen LogP contribution in [-0.4, -0.2) is 14.6 Å². The Hall–Kier alpha value is -1.68. The third-order valence-corrected chi connectivity index (χ3v) is 2.87. The Balaban J connectivity index is 2.63. The van der Waals surface area contributed by atoms with Crippen molar-refractivity contribution >= 4 is 28.6 Å². The number of benzene rings is 1. The molecule has 0 fully saturated rings. The molecule has 15 heavy (non-hydrogen) atoms. The van der Waals surface area contributed by atoms with Gasteiger partial charge >= 0.3 is 0 Å². The van der Waals surface area contributed by atoms with Crippen molar-refractivity contribution in [2.75, 3.05) is 0 Å². The van der Waals surface area contributed by atoms with E-state index in [1.54, 1.807) is 6.33 Å². The van der Waals surface area contributed by atoms with Crippen molar-refractivity contribution in [3.05, 3.63) is 40.8 Å². The van der Waals surface area contributed by atoms with Gasteiger partial charge in [-0.3, -0.25) is 9.50 Å². The van der Waals surface area contributed by atoms with Crippen LogP contribution in [0.2, 0.25) is 0 Å². The van der Waals surface area contributed by atoms with E-state index in [0.29, 0.717) is 4.64 Å². The first-order chi connectivity index (χ1) is 7.25. The number of aromatic nitrogens is 3. The van der Waals surface area contributed by atoms with Crippen molar-refractivity contribution in [1.82, 2.24) is 14.6 Å². The minimum atomic E-state index is 0.673. The highest BCUT2D eigenvalue weighted by atomic mass is 32.1. The maximum absolute atomic E-state index is 5.19. The van der Waals surface area contributed by atoms with Crippen LogP contribution in [0.1, 0.15) is 5.56 Å². The van der Waals surface area contributed by atoms with Gasteiger partial charge in [0.2, 0.25) is 0 Å². The number of hydrogen-bond donors (Lipinski definition) is 1. The number of fused-ring (bicyclic) bond motifs is 3. The lowest BCUT2D eigenvalue weighted by Crippen LogP contribution is -1.89.